The molecular formula is C15H10Cl2F2N2. The molecule has 0 spiro atoms. The van der Waals surface area contributed by atoms with E-state index in [0.717, 1.165) is 0 Å². The van der Waals surface area contributed by atoms with Gasteiger partial charge in [-0.15, -0.1) is 11.6 Å². The number of benzene rings is 2. The Morgan fingerprint density at radius 2 is 1.95 bits per heavy atom. The Balaban J connectivity index is 2.39. The summed E-state index contributed by atoms with van der Waals surface area (Å²) in [4.78, 5) is 4.30. The van der Waals surface area contributed by atoms with E-state index in [0.29, 0.717) is 16.9 Å². The van der Waals surface area contributed by atoms with Gasteiger partial charge >= 0.3 is 0 Å². The van der Waals surface area contributed by atoms with Crippen molar-refractivity contribution in [3.63, 3.8) is 0 Å². The number of nitrogens with zero attached hydrogens (tertiary/aromatic N) is 2. The fraction of sp³-hybridized carbons (Fsp3) is 0.133. The number of fused-ring (bicyclic) bond motifs is 1. The highest BCUT2D eigenvalue weighted by molar-refractivity contribution is 6.30. The Kier molecular flexibility index (Phi) is 3.59. The Labute approximate surface area is 129 Å². The summed E-state index contributed by atoms with van der Waals surface area (Å²) in [6.45, 7) is 1.72. The smallest absolute Gasteiger partial charge is 0.165 e. The van der Waals surface area contributed by atoms with E-state index in [2.05, 4.69) is 4.98 Å². The number of rotatable bonds is 2. The monoisotopic (exact) mass is 326 g/mol. The molecule has 3 rings (SSSR count). The molecule has 0 radical (unpaired) electrons. The molecule has 0 aliphatic carbocycles. The molecule has 0 amide bonds. The third-order valence-corrected chi connectivity index (χ3v) is 3.66. The number of alkyl halides is 1. The van der Waals surface area contributed by atoms with Crippen molar-refractivity contribution in [3.8, 4) is 5.69 Å². The lowest BCUT2D eigenvalue weighted by molar-refractivity contribution is 0.617. The SMILES string of the molecule is CC(Cl)c1nc2cc(F)ccc2n1-c1cccc(Cl)c1F. The maximum Gasteiger partial charge on any atom is 0.165 e. The zero-order valence-corrected chi connectivity index (χ0v) is 12.5. The maximum atomic E-state index is 14.3. The van der Waals surface area contributed by atoms with Gasteiger partial charge in [0.05, 0.1) is 27.1 Å². The lowest BCUT2D eigenvalue weighted by atomic mass is 10.2. The van der Waals surface area contributed by atoms with Crippen molar-refractivity contribution < 1.29 is 8.78 Å². The van der Waals surface area contributed by atoms with Crippen LogP contribution in [-0.2, 0) is 0 Å². The minimum Gasteiger partial charge on any atom is -0.292 e. The van der Waals surface area contributed by atoms with Gasteiger partial charge in [-0.1, -0.05) is 17.7 Å². The molecular weight excluding hydrogens is 317 g/mol. The van der Waals surface area contributed by atoms with E-state index in [1.54, 1.807) is 29.7 Å². The van der Waals surface area contributed by atoms with E-state index in [4.69, 9.17) is 23.2 Å². The Morgan fingerprint density at radius 3 is 2.67 bits per heavy atom. The highest BCUT2D eigenvalue weighted by atomic mass is 35.5. The first-order valence-electron chi connectivity index (χ1n) is 6.25. The number of imidazole rings is 1. The molecule has 2 nitrogen and oxygen atoms in total. The molecule has 0 saturated carbocycles. The van der Waals surface area contributed by atoms with Gasteiger partial charge in [0, 0.05) is 6.07 Å². The first-order valence-corrected chi connectivity index (χ1v) is 7.07. The van der Waals surface area contributed by atoms with Crippen LogP contribution in [0.4, 0.5) is 8.78 Å². The van der Waals surface area contributed by atoms with Gasteiger partial charge in [0.2, 0.25) is 0 Å². The van der Waals surface area contributed by atoms with Crippen LogP contribution >= 0.6 is 23.2 Å². The van der Waals surface area contributed by atoms with Crippen LogP contribution in [0.2, 0.25) is 5.02 Å². The van der Waals surface area contributed by atoms with Crippen LogP contribution in [0, 0.1) is 11.6 Å². The van der Waals surface area contributed by atoms with E-state index in [1.165, 1.54) is 18.2 Å². The van der Waals surface area contributed by atoms with Crippen LogP contribution in [0.25, 0.3) is 16.7 Å². The molecule has 1 atom stereocenters. The highest BCUT2D eigenvalue weighted by Crippen LogP contribution is 2.31. The normalized spacial score (nSPS) is 12.8. The van der Waals surface area contributed by atoms with E-state index >= 15 is 0 Å². The van der Waals surface area contributed by atoms with Gasteiger partial charge in [-0.25, -0.2) is 13.8 Å². The van der Waals surface area contributed by atoms with Crippen molar-refractivity contribution >= 4 is 34.2 Å². The van der Waals surface area contributed by atoms with Gasteiger partial charge in [-0.3, -0.25) is 4.57 Å². The molecule has 1 unspecified atom stereocenters. The van der Waals surface area contributed by atoms with Gasteiger partial charge in [0.25, 0.3) is 0 Å². The Bertz CT molecular complexity index is 828. The second-order valence-electron chi connectivity index (χ2n) is 4.63. The van der Waals surface area contributed by atoms with Gasteiger partial charge in [0.1, 0.15) is 11.6 Å². The van der Waals surface area contributed by atoms with Crippen LogP contribution in [-0.4, -0.2) is 9.55 Å². The molecule has 2 aromatic carbocycles. The average Bonchev–Trinajstić information content (AvgIpc) is 2.80. The lowest BCUT2D eigenvalue weighted by Crippen LogP contribution is -2.04. The largest absolute Gasteiger partial charge is 0.292 e. The zero-order chi connectivity index (χ0) is 15.1. The third kappa shape index (κ3) is 2.39. The summed E-state index contributed by atoms with van der Waals surface area (Å²) >= 11 is 12.0. The van der Waals surface area contributed by atoms with Crippen LogP contribution in [0.1, 0.15) is 18.1 Å². The van der Waals surface area contributed by atoms with Crippen LogP contribution < -0.4 is 0 Å². The molecule has 6 heteroatoms. The molecule has 0 aliphatic rings. The van der Waals surface area contributed by atoms with Crippen molar-refractivity contribution in [3.05, 3.63) is 58.9 Å². The van der Waals surface area contributed by atoms with Gasteiger partial charge in [-0.05, 0) is 31.2 Å². The van der Waals surface area contributed by atoms with E-state index in [9.17, 15) is 8.78 Å². The molecule has 1 heterocycles. The summed E-state index contributed by atoms with van der Waals surface area (Å²) in [6.07, 6.45) is 0. The third-order valence-electron chi connectivity index (χ3n) is 3.17. The topological polar surface area (TPSA) is 17.8 Å². The predicted octanol–water partition coefficient (Wildman–Crippen LogP) is 5.26. The van der Waals surface area contributed by atoms with Crippen molar-refractivity contribution in [1.29, 1.82) is 0 Å². The molecule has 0 N–H and O–H groups in total. The molecule has 1 aromatic heterocycles. The maximum absolute atomic E-state index is 14.3. The van der Waals surface area contributed by atoms with Crippen molar-refractivity contribution in [2.75, 3.05) is 0 Å². The van der Waals surface area contributed by atoms with Crippen LogP contribution in [0.15, 0.2) is 36.4 Å². The summed E-state index contributed by atoms with van der Waals surface area (Å²) < 4.78 is 29.2. The molecule has 21 heavy (non-hydrogen) atoms. The van der Waals surface area contributed by atoms with Crippen molar-refractivity contribution in [2.24, 2.45) is 0 Å². The molecule has 0 bridgehead atoms. The minimum absolute atomic E-state index is 0.00429. The number of hydrogen-bond acceptors (Lipinski definition) is 1. The van der Waals surface area contributed by atoms with E-state index in [-0.39, 0.29) is 10.7 Å². The Hall–Kier alpha value is -1.65. The zero-order valence-electron chi connectivity index (χ0n) is 10.9. The molecule has 0 saturated heterocycles. The fourth-order valence-electron chi connectivity index (χ4n) is 2.26. The summed E-state index contributed by atoms with van der Waals surface area (Å²) in [5, 5.41) is -0.469. The summed E-state index contributed by atoms with van der Waals surface area (Å²) in [7, 11) is 0. The quantitative estimate of drug-likeness (QED) is 0.587. The summed E-state index contributed by atoms with van der Waals surface area (Å²) in [5.74, 6) is -0.549. The molecule has 3 aromatic rings. The average molecular weight is 327 g/mol. The minimum atomic E-state index is -0.568. The molecule has 108 valence electrons. The fourth-order valence-corrected chi connectivity index (χ4v) is 2.57. The first-order chi connectivity index (χ1) is 9.99. The van der Waals surface area contributed by atoms with Crippen molar-refractivity contribution in [1.82, 2.24) is 9.55 Å². The van der Waals surface area contributed by atoms with E-state index < -0.39 is 17.0 Å². The van der Waals surface area contributed by atoms with Gasteiger partial charge in [-0.2, -0.15) is 0 Å². The van der Waals surface area contributed by atoms with Crippen LogP contribution in [0.3, 0.4) is 0 Å². The number of hydrogen-bond donors (Lipinski definition) is 0. The lowest BCUT2D eigenvalue weighted by Gasteiger charge is -2.12. The summed E-state index contributed by atoms with van der Waals surface area (Å²) in [5.41, 5.74) is 1.22. The predicted molar refractivity (Wildman–Crippen MR) is 80.3 cm³/mol. The summed E-state index contributed by atoms with van der Waals surface area (Å²) in [6, 6.07) is 8.81. The van der Waals surface area contributed by atoms with Crippen LogP contribution in [0.5, 0.6) is 0 Å². The Morgan fingerprint density at radius 1 is 1.19 bits per heavy atom. The van der Waals surface area contributed by atoms with Gasteiger partial charge in [0.15, 0.2) is 5.82 Å². The highest BCUT2D eigenvalue weighted by Gasteiger charge is 2.19. The molecule has 0 fully saturated rings. The standard InChI is InChI=1S/C15H10Cl2F2N2/c1-8(16)15-20-11-7-9(18)5-6-12(11)21(15)13-4-2-3-10(17)14(13)19/h2-8H,1H3. The van der Waals surface area contributed by atoms with E-state index in [1.807, 2.05) is 0 Å². The van der Waals surface area contributed by atoms with Gasteiger partial charge < -0.3 is 0 Å². The number of halogens is 4. The second-order valence-corrected chi connectivity index (χ2v) is 5.69. The first kappa shape index (κ1) is 14.3. The molecule has 0 aliphatic heterocycles. The number of aromatic nitrogens is 2. The van der Waals surface area contributed by atoms with Crippen molar-refractivity contribution in [2.45, 2.75) is 12.3 Å². The second kappa shape index (κ2) is 5.28.